The number of carbonyl (C=O) groups is 1. The van der Waals surface area contributed by atoms with Crippen molar-refractivity contribution in [2.24, 2.45) is 0 Å². The highest BCUT2D eigenvalue weighted by atomic mass is 16.3. The Hall–Kier alpha value is -1.65. The van der Waals surface area contributed by atoms with Crippen molar-refractivity contribution >= 4 is 5.91 Å². The number of amides is 1. The molecule has 4 heteroatoms. The fourth-order valence-electron chi connectivity index (χ4n) is 1.83. The molecule has 2 rings (SSSR count). The Balaban J connectivity index is 1.92. The topological polar surface area (TPSA) is 61.4 Å². The van der Waals surface area contributed by atoms with E-state index in [1.54, 1.807) is 0 Å². The maximum Gasteiger partial charge on any atom is 0.247 e. The van der Waals surface area contributed by atoms with E-state index in [0.29, 0.717) is 6.54 Å². The minimum atomic E-state index is -0.0131. The molecule has 0 unspecified atom stereocenters. The van der Waals surface area contributed by atoms with Gasteiger partial charge in [-0.2, -0.15) is 0 Å². The average molecular weight is 246 g/mol. The number of hydrogen-bond donors (Lipinski definition) is 3. The van der Waals surface area contributed by atoms with Crippen molar-refractivity contribution in [3.63, 3.8) is 0 Å². The molecule has 1 saturated heterocycles. The molecule has 3 N–H and O–H groups in total. The van der Waals surface area contributed by atoms with Crippen LogP contribution in [0.5, 0.6) is 0 Å². The van der Waals surface area contributed by atoms with E-state index in [-0.39, 0.29) is 12.5 Å². The van der Waals surface area contributed by atoms with Gasteiger partial charge in [0.2, 0.25) is 5.91 Å². The standard InChI is InChI=1S/C14H18N2O2/c1-10(13-7-15-8-13)14(18)16-6-11-3-2-4-12(5-11)9-17/h2-5,15,17H,6-9H2,1H3,(H,16,18). The lowest BCUT2D eigenvalue weighted by Crippen LogP contribution is -2.37. The SMILES string of the molecule is CC(C(=O)NCc1cccc(CO)c1)=C1CNC1. The Labute approximate surface area is 107 Å². The summed E-state index contributed by atoms with van der Waals surface area (Å²) >= 11 is 0. The molecule has 0 aliphatic carbocycles. The van der Waals surface area contributed by atoms with Gasteiger partial charge in [0.15, 0.2) is 0 Å². The fourth-order valence-corrected chi connectivity index (χ4v) is 1.83. The maximum absolute atomic E-state index is 11.9. The Kier molecular flexibility index (Phi) is 4.12. The third-order valence-electron chi connectivity index (χ3n) is 3.17. The van der Waals surface area contributed by atoms with Gasteiger partial charge in [-0.25, -0.2) is 0 Å². The molecule has 0 radical (unpaired) electrons. The number of aliphatic hydroxyl groups excluding tert-OH is 1. The number of aliphatic hydroxyl groups is 1. The molecule has 0 aromatic heterocycles. The van der Waals surface area contributed by atoms with Crippen molar-refractivity contribution in [3.05, 3.63) is 46.5 Å². The maximum atomic E-state index is 11.9. The largest absolute Gasteiger partial charge is 0.392 e. The summed E-state index contributed by atoms with van der Waals surface area (Å²) in [4.78, 5) is 11.9. The Bertz CT molecular complexity index is 474. The van der Waals surface area contributed by atoms with Gasteiger partial charge in [-0.3, -0.25) is 4.79 Å². The Morgan fingerprint density at radius 2 is 2.11 bits per heavy atom. The number of carbonyl (C=O) groups excluding carboxylic acids is 1. The third kappa shape index (κ3) is 2.97. The smallest absolute Gasteiger partial charge is 0.247 e. The zero-order valence-corrected chi connectivity index (χ0v) is 10.5. The first-order chi connectivity index (χ1) is 8.70. The molecule has 1 aromatic carbocycles. The second-order valence-electron chi connectivity index (χ2n) is 4.49. The van der Waals surface area contributed by atoms with Crippen LogP contribution in [0.2, 0.25) is 0 Å². The number of benzene rings is 1. The molecule has 1 heterocycles. The van der Waals surface area contributed by atoms with Crippen LogP contribution >= 0.6 is 0 Å². The highest BCUT2D eigenvalue weighted by molar-refractivity contribution is 5.93. The number of nitrogens with one attached hydrogen (secondary N) is 2. The summed E-state index contributed by atoms with van der Waals surface area (Å²) in [5, 5.41) is 15.1. The molecule has 1 aliphatic rings. The van der Waals surface area contributed by atoms with Gasteiger partial charge in [-0.05, 0) is 23.6 Å². The van der Waals surface area contributed by atoms with Crippen molar-refractivity contribution in [1.29, 1.82) is 0 Å². The summed E-state index contributed by atoms with van der Waals surface area (Å²) in [5.41, 5.74) is 3.85. The van der Waals surface area contributed by atoms with E-state index in [9.17, 15) is 4.79 Å². The summed E-state index contributed by atoms with van der Waals surface area (Å²) < 4.78 is 0. The van der Waals surface area contributed by atoms with Gasteiger partial charge >= 0.3 is 0 Å². The van der Waals surface area contributed by atoms with Gasteiger partial charge in [-0.1, -0.05) is 24.3 Å². The second-order valence-corrected chi connectivity index (χ2v) is 4.49. The third-order valence-corrected chi connectivity index (χ3v) is 3.17. The average Bonchev–Trinajstić information content (AvgIpc) is 2.34. The van der Waals surface area contributed by atoms with Crippen LogP contribution in [0, 0.1) is 0 Å². The van der Waals surface area contributed by atoms with E-state index in [4.69, 9.17) is 5.11 Å². The van der Waals surface area contributed by atoms with Crippen LogP contribution in [-0.4, -0.2) is 24.1 Å². The zero-order chi connectivity index (χ0) is 13.0. The number of hydrogen-bond acceptors (Lipinski definition) is 3. The van der Waals surface area contributed by atoms with Crippen LogP contribution in [0.25, 0.3) is 0 Å². The van der Waals surface area contributed by atoms with Crippen LogP contribution in [0.4, 0.5) is 0 Å². The molecule has 96 valence electrons. The van der Waals surface area contributed by atoms with Gasteiger partial charge in [0.1, 0.15) is 0 Å². The lowest BCUT2D eigenvalue weighted by Gasteiger charge is -2.21. The van der Waals surface area contributed by atoms with Crippen LogP contribution in [-0.2, 0) is 17.9 Å². The molecular formula is C14H18N2O2. The lowest BCUT2D eigenvalue weighted by molar-refractivity contribution is -0.117. The van der Waals surface area contributed by atoms with Crippen LogP contribution in [0.15, 0.2) is 35.4 Å². The van der Waals surface area contributed by atoms with Gasteiger partial charge in [0.25, 0.3) is 0 Å². The van der Waals surface area contributed by atoms with Crippen LogP contribution in [0.3, 0.4) is 0 Å². The summed E-state index contributed by atoms with van der Waals surface area (Å²) in [6, 6.07) is 7.58. The molecule has 18 heavy (non-hydrogen) atoms. The molecule has 0 bridgehead atoms. The van der Waals surface area contributed by atoms with E-state index >= 15 is 0 Å². The molecule has 0 saturated carbocycles. The summed E-state index contributed by atoms with van der Waals surface area (Å²) in [7, 11) is 0. The highest BCUT2D eigenvalue weighted by Crippen LogP contribution is 2.09. The van der Waals surface area contributed by atoms with Gasteiger partial charge in [0.05, 0.1) is 6.61 Å². The summed E-state index contributed by atoms with van der Waals surface area (Å²) in [5.74, 6) is -0.0131. The van der Waals surface area contributed by atoms with Crippen LogP contribution < -0.4 is 10.6 Å². The first-order valence-electron chi connectivity index (χ1n) is 6.07. The van der Waals surface area contributed by atoms with Crippen molar-refractivity contribution in [2.75, 3.05) is 13.1 Å². The minimum Gasteiger partial charge on any atom is -0.392 e. The lowest BCUT2D eigenvalue weighted by atomic mass is 10.0. The van der Waals surface area contributed by atoms with Crippen molar-refractivity contribution in [1.82, 2.24) is 10.6 Å². The molecule has 0 atom stereocenters. The van der Waals surface area contributed by atoms with E-state index in [2.05, 4.69) is 10.6 Å². The summed E-state index contributed by atoms with van der Waals surface area (Å²) in [6.45, 7) is 4.01. The van der Waals surface area contributed by atoms with E-state index < -0.39 is 0 Å². The number of rotatable bonds is 4. The van der Waals surface area contributed by atoms with Crippen LogP contribution in [0.1, 0.15) is 18.1 Å². The Morgan fingerprint density at radius 3 is 2.72 bits per heavy atom. The van der Waals surface area contributed by atoms with Crippen molar-refractivity contribution < 1.29 is 9.90 Å². The summed E-state index contributed by atoms with van der Waals surface area (Å²) in [6.07, 6.45) is 0. The van der Waals surface area contributed by atoms with Crippen molar-refractivity contribution in [2.45, 2.75) is 20.1 Å². The Morgan fingerprint density at radius 1 is 1.39 bits per heavy atom. The van der Waals surface area contributed by atoms with E-state index in [1.165, 1.54) is 5.57 Å². The predicted octanol–water partition coefficient (Wildman–Crippen LogP) is 0.715. The van der Waals surface area contributed by atoms with Gasteiger partial charge in [-0.15, -0.1) is 0 Å². The highest BCUT2D eigenvalue weighted by Gasteiger charge is 2.15. The molecule has 1 fully saturated rings. The van der Waals surface area contributed by atoms with E-state index in [1.807, 2.05) is 31.2 Å². The normalized spacial score (nSPS) is 14.0. The quantitative estimate of drug-likeness (QED) is 0.686. The fraction of sp³-hybridized carbons (Fsp3) is 0.357. The predicted molar refractivity (Wildman–Crippen MR) is 69.8 cm³/mol. The minimum absolute atomic E-state index is 0.0131. The monoisotopic (exact) mass is 246 g/mol. The second kappa shape index (κ2) is 5.80. The molecule has 4 nitrogen and oxygen atoms in total. The van der Waals surface area contributed by atoms with E-state index in [0.717, 1.165) is 29.8 Å². The first kappa shape index (κ1) is 12.8. The molecule has 0 spiro atoms. The zero-order valence-electron chi connectivity index (χ0n) is 10.5. The van der Waals surface area contributed by atoms with Crippen molar-refractivity contribution in [3.8, 4) is 0 Å². The molecule has 1 amide bonds. The molecular weight excluding hydrogens is 228 g/mol. The molecule has 1 aromatic rings. The van der Waals surface area contributed by atoms with Gasteiger partial charge in [0, 0.05) is 25.2 Å². The molecule has 1 aliphatic heterocycles. The van der Waals surface area contributed by atoms with Gasteiger partial charge < -0.3 is 15.7 Å². The first-order valence-corrected chi connectivity index (χ1v) is 6.07.